The Morgan fingerprint density at radius 1 is 1.19 bits per heavy atom. The average molecular weight is 257 g/mol. The first-order valence-electron chi connectivity index (χ1n) is 4.64. The third-order valence-electron chi connectivity index (χ3n) is 2.09. The fraction of sp³-hybridized carbons (Fsp3) is 0.200. The maximum Gasteiger partial charge on any atom is 0.198 e. The van der Waals surface area contributed by atoms with Gasteiger partial charge in [0.15, 0.2) is 14.9 Å². The Hall–Kier alpha value is -1.20. The van der Waals surface area contributed by atoms with Crippen LogP contribution in [0.3, 0.4) is 0 Å². The summed E-state index contributed by atoms with van der Waals surface area (Å²) in [5.74, 6) is -0.0710. The molecule has 0 fully saturated rings. The molecule has 1 heterocycles. The second kappa shape index (κ2) is 4.35. The van der Waals surface area contributed by atoms with Crippen LogP contribution >= 0.6 is 11.6 Å². The Labute approximate surface area is 98.2 Å². The van der Waals surface area contributed by atoms with Gasteiger partial charge in [-0.05, 0) is 12.1 Å². The summed E-state index contributed by atoms with van der Waals surface area (Å²) in [6.45, 7) is 0. The smallest absolute Gasteiger partial charge is 0.198 e. The summed E-state index contributed by atoms with van der Waals surface area (Å²) >= 11 is 5.43. The first-order chi connectivity index (χ1) is 7.63. The molecule has 1 aromatic carbocycles. The predicted molar refractivity (Wildman–Crippen MR) is 62.3 cm³/mol. The van der Waals surface area contributed by atoms with E-state index in [-0.39, 0.29) is 16.7 Å². The van der Waals surface area contributed by atoms with Crippen LogP contribution in [0.25, 0.3) is 11.0 Å². The normalized spacial score (nSPS) is 11.8. The number of benzene rings is 1. The fourth-order valence-corrected chi connectivity index (χ4v) is 2.77. The monoisotopic (exact) mass is 256 g/mol. The van der Waals surface area contributed by atoms with Crippen molar-refractivity contribution in [2.75, 3.05) is 11.6 Å². The number of alkyl halides is 1. The number of fused-ring (bicyclic) bond motifs is 1. The molecule has 0 spiro atoms. The molecule has 2 rings (SSSR count). The molecule has 0 N–H and O–H groups in total. The van der Waals surface area contributed by atoms with Crippen LogP contribution in [0.5, 0.6) is 0 Å². The van der Waals surface area contributed by atoms with E-state index in [1.807, 2.05) is 6.07 Å². The Kier molecular flexibility index (Phi) is 3.07. The summed E-state index contributed by atoms with van der Waals surface area (Å²) in [6.07, 6.45) is 1.27. The molecule has 84 valence electrons. The molecule has 0 radical (unpaired) electrons. The van der Waals surface area contributed by atoms with E-state index >= 15 is 0 Å². The van der Waals surface area contributed by atoms with Gasteiger partial charge in [-0.25, -0.2) is 13.4 Å². The van der Waals surface area contributed by atoms with Crippen molar-refractivity contribution in [3.05, 3.63) is 30.5 Å². The van der Waals surface area contributed by atoms with Crippen molar-refractivity contribution in [2.24, 2.45) is 0 Å². The second-order valence-electron chi connectivity index (χ2n) is 3.20. The summed E-state index contributed by atoms with van der Waals surface area (Å²) in [4.78, 5) is 8.10. The Balaban J connectivity index is 2.55. The zero-order valence-corrected chi connectivity index (χ0v) is 9.87. The second-order valence-corrected chi connectivity index (χ2v) is 5.64. The van der Waals surface area contributed by atoms with E-state index in [0.29, 0.717) is 11.0 Å². The Morgan fingerprint density at radius 2 is 1.88 bits per heavy atom. The van der Waals surface area contributed by atoms with Crippen molar-refractivity contribution in [1.29, 1.82) is 0 Å². The third-order valence-corrected chi connectivity index (χ3v) is 4.08. The van der Waals surface area contributed by atoms with Gasteiger partial charge in [0.25, 0.3) is 0 Å². The quantitative estimate of drug-likeness (QED) is 0.784. The Bertz CT molecular complexity index is 613. The maximum absolute atomic E-state index is 11.7. The largest absolute Gasteiger partial charge is 0.252 e. The van der Waals surface area contributed by atoms with E-state index in [4.69, 9.17) is 11.6 Å². The van der Waals surface area contributed by atoms with Gasteiger partial charge < -0.3 is 0 Å². The molecule has 0 unspecified atom stereocenters. The van der Waals surface area contributed by atoms with E-state index in [9.17, 15) is 8.42 Å². The molecule has 16 heavy (non-hydrogen) atoms. The van der Waals surface area contributed by atoms with Crippen LogP contribution in [0.4, 0.5) is 0 Å². The van der Waals surface area contributed by atoms with E-state index in [1.165, 1.54) is 6.20 Å². The maximum atomic E-state index is 11.7. The van der Waals surface area contributed by atoms with Crippen LogP contribution in [-0.4, -0.2) is 30.0 Å². The van der Waals surface area contributed by atoms with Crippen molar-refractivity contribution < 1.29 is 8.42 Å². The molecule has 0 aliphatic carbocycles. The zero-order valence-electron chi connectivity index (χ0n) is 8.30. The number of nitrogens with zero attached hydrogens (tertiary/aromatic N) is 2. The number of sulfone groups is 1. The lowest BCUT2D eigenvalue weighted by Crippen LogP contribution is -2.10. The van der Waals surface area contributed by atoms with Crippen molar-refractivity contribution in [3.63, 3.8) is 0 Å². The van der Waals surface area contributed by atoms with Gasteiger partial charge in [0, 0.05) is 5.88 Å². The lowest BCUT2D eigenvalue weighted by molar-refractivity contribution is 0.594. The minimum Gasteiger partial charge on any atom is -0.252 e. The topological polar surface area (TPSA) is 59.9 Å². The molecular weight excluding hydrogens is 248 g/mol. The summed E-state index contributed by atoms with van der Waals surface area (Å²) in [5.41, 5.74) is 1.24. The van der Waals surface area contributed by atoms with Gasteiger partial charge in [-0.3, -0.25) is 4.98 Å². The van der Waals surface area contributed by atoms with Gasteiger partial charge in [-0.2, -0.15) is 0 Å². The standard InChI is InChI=1S/C10H9ClN2O2S/c11-5-6-16(14,15)10-7-12-8-3-1-2-4-9(8)13-10/h1-4,7H,5-6H2. The highest BCUT2D eigenvalue weighted by Crippen LogP contribution is 2.13. The van der Waals surface area contributed by atoms with Crippen molar-refractivity contribution in [3.8, 4) is 0 Å². The van der Waals surface area contributed by atoms with Crippen molar-refractivity contribution >= 4 is 32.5 Å². The summed E-state index contributed by atoms with van der Waals surface area (Å²) in [7, 11) is -3.41. The molecule has 2 aromatic rings. The van der Waals surface area contributed by atoms with Crippen LogP contribution in [-0.2, 0) is 9.84 Å². The summed E-state index contributed by atoms with van der Waals surface area (Å²) in [5, 5.41) is -0.0214. The highest BCUT2D eigenvalue weighted by Gasteiger charge is 2.16. The highest BCUT2D eigenvalue weighted by atomic mass is 35.5. The molecule has 1 aromatic heterocycles. The van der Waals surface area contributed by atoms with Crippen LogP contribution in [0.2, 0.25) is 0 Å². The van der Waals surface area contributed by atoms with Crippen LogP contribution in [0, 0.1) is 0 Å². The van der Waals surface area contributed by atoms with E-state index < -0.39 is 9.84 Å². The summed E-state index contributed by atoms with van der Waals surface area (Å²) < 4.78 is 23.4. The van der Waals surface area contributed by atoms with E-state index in [1.54, 1.807) is 18.2 Å². The van der Waals surface area contributed by atoms with E-state index in [2.05, 4.69) is 9.97 Å². The molecular formula is C10H9ClN2O2S. The lowest BCUT2D eigenvalue weighted by Gasteiger charge is -2.02. The average Bonchev–Trinajstić information content (AvgIpc) is 2.28. The Morgan fingerprint density at radius 3 is 2.56 bits per heavy atom. The SMILES string of the molecule is O=S(=O)(CCCl)c1cnc2ccccc2n1. The van der Waals surface area contributed by atoms with Gasteiger partial charge in [-0.1, -0.05) is 12.1 Å². The zero-order chi connectivity index (χ0) is 11.6. The van der Waals surface area contributed by atoms with Crippen LogP contribution in [0.1, 0.15) is 0 Å². The lowest BCUT2D eigenvalue weighted by atomic mass is 10.3. The molecule has 6 heteroatoms. The first-order valence-corrected chi connectivity index (χ1v) is 6.83. The first kappa shape index (κ1) is 11.3. The van der Waals surface area contributed by atoms with Crippen molar-refractivity contribution in [1.82, 2.24) is 9.97 Å². The van der Waals surface area contributed by atoms with Gasteiger partial charge in [0.05, 0.1) is 23.0 Å². The molecule has 0 bridgehead atoms. The highest BCUT2D eigenvalue weighted by molar-refractivity contribution is 7.91. The minimum atomic E-state index is -3.41. The van der Waals surface area contributed by atoms with Gasteiger partial charge in [0.2, 0.25) is 0 Å². The predicted octanol–water partition coefficient (Wildman–Crippen LogP) is 1.64. The van der Waals surface area contributed by atoms with Gasteiger partial charge in [0.1, 0.15) is 0 Å². The number of para-hydroxylation sites is 2. The number of halogens is 1. The molecule has 0 atom stereocenters. The molecule has 0 saturated carbocycles. The van der Waals surface area contributed by atoms with Gasteiger partial charge in [-0.15, -0.1) is 11.6 Å². The summed E-state index contributed by atoms with van der Waals surface area (Å²) in [6, 6.07) is 7.11. The van der Waals surface area contributed by atoms with Gasteiger partial charge >= 0.3 is 0 Å². The number of hydrogen-bond donors (Lipinski definition) is 0. The minimum absolute atomic E-state index is 0.0214. The molecule has 0 amide bonds. The number of hydrogen-bond acceptors (Lipinski definition) is 4. The van der Waals surface area contributed by atoms with Crippen molar-refractivity contribution in [2.45, 2.75) is 5.03 Å². The molecule has 0 aliphatic rings. The number of rotatable bonds is 3. The fourth-order valence-electron chi connectivity index (χ4n) is 1.30. The molecule has 4 nitrogen and oxygen atoms in total. The van der Waals surface area contributed by atoms with Crippen LogP contribution < -0.4 is 0 Å². The molecule has 0 aliphatic heterocycles. The number of aromatic nitrogens is 2. The van der Waals surface area contributed by atoms with Crippen LogP contribution in [0.15, 0.2) is 35.5 Å². The van der Waals surface area contributed by atoms with E-state index in [0.717, 1.165) is 0 Å². The third kappa shape index (κ3) is 2.15. The molecule has 0 saturated heterocycles.